The van der Waals surface area contributed by atoms with E-state index in [0.29, 0.717) is 31.7 Å². The third kappa shape index (κ3) is 3.11. The van der Waals surface area contributed by atoms with Gasteiger partial charge >= 0.3 is 5.97 Å². The van der Waals surface area contributed by atoms with Gasteiger partial charge in [0.25, 0.3) is 5.91 Å². The monoisotopic (exact) mass is 266 g/mol. The molecule has 0 atom stereocenters. The van der Waals surface area contributed by atoms with Gasteiger partial charge in [-0.25, -0.2) is 0 Å². The molecule has 0 saturated carbocycles. The van der Waals surface area contributed by atoms with Crippen molar-refractivity contribution in [2.45, 2.75) is 6.92 Å². The van der Waals surface area contributed by atoms with Crippen molar-refractivity contribution < 1.29 is 14.7 Å². The Morgan fingerprint density at radius 2 is 1.95 bits per heavy atom. The van der Waals surface area contributed by atoms with Crippen LogP contribution in [0.15, 0.2) is 6.20 Å². The molecule has 0 bridgehead atoms. The molecule has 1 aliphatic rings. The molecule has 0 radical (unpaired) electrons. The van der Waals surface area contributed by atoms with E-state index in [4.69, 9.17) is 5.11 Å². The highest BCUT2D eigenvalue weighted by molar-refractivity contribution is 5.95. The van der Waals surface area contributed by atoms with Crippen molar-refractivity contribution >= 4 is 11.9 Å². The fourth-order valence-electron chi connectivity index (χ4n) is 2.28. The second-order valence-electron chi connectivity index (χ2n) is 4.76. The summed E-state index contributed by atoms with van der Waals surface area (Å²) < 4.78 is 1.63. The Labute approximate surface area is 111 Å². The molecule has 104 valence electrons. The predicted octanol–water partition coefficient (Wildman–Crippen LogP) is -0.429. The molecule has 0 unspecified atom stereocenters. The molecule has 2 rings (SSSR count). The maximum Gasteiger partial charge on any atom is 0.317 e. The van der Waals surface area contributed by atoms with Gasteiger partial charge in [0.05, 0.1) is 17.8 Å². The summed E-state index contributed by atoms with van der Waals surface area (Å²) in [5.41, 5.74) is 1.34. The topological polar surface area (TPSA) is 78.7 Å². The molecular weight excluding hydrogens is 248 g/mol. The van der Waals surface area contributed by atoms with Gasteiger partial charge in [-0.15, -0.1) is 0 Å². The average molecular weight is 266 g/mol. The molecule has 0 spiro atoms. The molecule has 2 heterocycles. The standard InChI is InChI=1S/C12H18N4O3/c1-9-10(7-14(2)13-9)12(19)16-5-3-15(4-6-16)8-11(17)18/h7H,3-6,8H2,1-2H3,(H,17,18). The van der Waals surface area contributed by atoms with Gasteiger partial charge in [-0.05, 0) is 6.92 Å². The molecule has 1 aliphatic heterocycles. The van der Waals surface area contributed by atoms with E-state index in [0.717, 1.165) is 5.69 Å². The van der Waals surface area contributed by atoms with Gasteiger partial charge in [0.1, 0.15) is 0 Å². The molecule has 1 N–H and O–H groups in total. The molecule has 1 amide bonds. The summed E-state index contributed by atoms with van der Waals surface area (Å²) in [4.78, 5) is 26.5. The largest absolute Gasteiger partial charge is 0.480 e. The second-order valence-corrected chi connectivity index (χ2v) is 4.76. The maximum absolute atomic E-state index is 12.3. The highest BCUT2D eigenvalue weighted by Crippen LogP contribution is 2.11. The summed E-state index contributed by atoms with van der Waals surface area (Å²) in [5.74, 6) is -0.858. The minimum absolute atomic E-state index is 0.0272. The number of piperazine rings is 1. The van der Waals surface area contributed by atoms with Crippen LogP contribution < -0.4 is 0 Å². The van der Waals surface area contributed by atoms with Gasteiger partial charge in [-0.3, -0.25) is 19.2 Å². The summed E-state index contributed by atoms with van der Waals surface area (Å²) >= 11 is 0. The van der Waals surface area contributed by atoms with Crippen LogP contribution in [0.5, 0.6) is 0 Å². The summed E-state index contributed by atoms with van der Waals surface area (Å²) in [5, 5.41) is 12.9. The van der Waals surface area contributed by atoms with Crippen LogP contribution in [-0.4, -0.2) is 69.3 Å². The summed E-state index contributed by atoms with van der Waals surface area (Å²) in [6, 6.07) is 0. The lowest BCUT2D eigenvalue weighted by atomic mass is 10.2. The smallest absolute Gasteiger partial charge is 0.317 e. The molecule has 0 aliphatic carbocycles. The zero-order chi connectivity index (χ0) is 14.0. The van der Waals surface area contributed by atoms with Crippen LogP contribution in [-0.2, 0) is 11.8 Å². The van der Waals surface area contributed by atoms with Crippen LogP contribution in [0.4, 0.5) is 0 Å². The van der Waals surface area contributed by atoms with Crippen LogP contribution in [0, 0.1) is 6.92 Å². The Balaban J connectivity index is 1.96. The van der Waals surface area contributed by atoms with Crippen LogP contribution >= 0.6 is 0 Å². The quantitative estimate of drug-likeness (QED) is 0.803. The number of hydrogen-bond acceptors (Lipinski definition) is 4. The second kappa shape index (κ2) is 5.40. The zero-order valence-electron chi connectivity index (χ0n) is 11.2. The Hall–Kier alpha value is -1.89. The summed E-state index contributed by atoms with van der Waals surface area (Å²) in [6.45, 7) is 4.15. The van der Waals surface area contributed by atoms with E-state index in [1.807, 2.05) is 11.8 Å². The first-order valence-corrected chi connectivity index (χ1v) is 6.21. The molecule has 1 fully saturated rings. The number of rotatable bonds is 3. The molecule has 19 heavy (non-hydrogen) atoms. The summed E-state index contributed by atoms with van der Waals surface area (Å²) in [7, 11) is 1.79. The Kier molecular flexibility index (Phi) is 3.84. The number of carbonyl (C=O) groups excluding carboxylic acids is 1. The SMILES string of the molecule is Cc1nn(C)cc1C(=O)N1CCN(CC(=O)O)CC1. The van der Waals surface area contributed by atoms with Crippen molar-refractivity contribution in [2.24, 2.45) is 7.05 Å². The highest BCUT2D eigenvalue weighted by Gasteiger charge is 2.25. The lowest BCUT2D eigenvalue weighted by Gasteiger charge is -2.33. The number of aryl methyl sites for hydroxylation is 2. The van der Waals surface area contributed by atoms with E-state index in [9.17, 15) is 9.59 Å². The Bertz CT molecular complexity index is 489. The zero-order valence-corrected chi connectivity index (χ0v) is 11.2. The summed E-state index contributed by atoms with van der Waals surface area (Å²) in [6.07, 6.45) is 1.72. The molecule has 7 heteroatoms. The van der Waals surface area contributed by atoms with E-state index >= 15 is 0 Å². The number of nitrogens with zero attached hydrogens (tertiary/aromatic N) is 4. The van der Waals surface area contributed by atoms with Crippen molar-refractivity contribution in [2.75, 3.05) is 32.7 Å². The first kappa shape index (κ1) is 13.5. The van der Waals surface area contributed by atoms with Gasteiger partial charge in [0.2, 0.25) is 0 Å². The van der Waals surface area contributed by atoms with Gasteiger partial charge in [0.15, 0.2) is 0 Å². The van der Waals surface area contributed by atoms with Crippen LogP contribution in [0.25, 0.3) is 0 Å². The maximum atomic E-state index is 12.3. The van der Waals surface area contributed by atoms with E-state index < -0.39 is 5.97 Å². The Morgan fingerprint density at radius 3 is 2.42 bits per heavy atom. The van der Waals surface area contributed by atoms with Crippen LogP contribution in [0.2, 0.25) is 0 Å². The third-order valence-electron chi connectivity index (χ3n) is 3.26. The van der Waals surface area contributed by atoms with Crippen molar-refractivity contribution in [1.29, 1.82) is 0 Å². The van der Waals surface area contributed by atoms with Gasteiger partial charge < -0.3 is 10.0 Å². The molecule has 1 aromatic heterocycles. The number of aliphatic carboxylic acids is 1. The number of aromatic nitrogens is 2. The van der Waals surface area contributed by atoms with Crippen molar-refractivity contribution in [3.05, 3.63) is 17.5 Å². The van der Waals surface area contributed by atoms with Crippen molar-refractivity contribution in [1.82, 2.24) is 19.6 Å². The minimum Gasteiger partial charge on any atom is -0.480 e. The number of carboxylic acid groups (broad SMARTS) is 1. The van der Waals surface area contributed by atoms with Gasteiger partial charge in [-0.1, -0.05) is 0 Å². The first-order chi connectivity index (χ1) is 8.97. The number of amides is 1. The molecule has 1 aromatic rings. The first-order valence-electron chi connectivity index (χ1n) is 6.21. The van der Waals surface area contributed by atoms with E-state index in [1.54, 1.807) is 22.8 Å². The van der Waals surface area contributed by atoms with Gasteiger partial charge in [-0.2, -0.15) is 5.10 Å². The normalized spacial score (nSPS) is 16.6. The molecule has 7 nitrogen and oxygen atoms in total. The van der Waals surface area contributed by atoms with Crippen molar-refractivity contribution in [3.63, 3.8) is 0 Å². The molecule has 1 saturated heterocycles. The number of carbonyl (C=O) groups is 2. The molecule has 0 aromatic carbocycles. The van der Waals surface area contributed by atoms with E-state index in [-0.39, 0.29) is 12.5 Å². The molecular formula is C12H18N4O3. The number of carboxylic acids is 1. The van der Waals surface area contributed by atoms with Crippen LogP contribution in [0.1, 0.15) is 16.1 Å². The fraction of sp³-hybridized carbons (Fsp3) is 0.583. The lowest BCUT2D eigenvalue weighted by Crippen LogP contribution is -2.49. The fourth-order valence-corrected chi connectivity index (χ4v) is 2.28. The van der Waals surface area contributed by atoms with Gasteiger partial charge in [0, 0.05) is 39.4 Å². The third-order valence-corrected chi connectivity index (χ3v) is 3.26. The average Bonchev–Trinajstić information content (AvgIpc) is 2.68. The lowest BCUT2D eigenvalue weighted by molar-refractivity contribution is -0.138. The highest BCUT2D eigenvalue weighted by atomic mass is 16.4. The van der Waals surface area contributed by atoms with E-state index in [1.165, 1.54) is 0 Å². The number of hydrogen-bond donors (Lipinski definition) is 1. The predicted molar refractivity (Wildman–Crippen MR) is 67.9 cm³/mol. The van der Waals surface area contributed by atoms with E-state index in [2.05, 4.69) is 5.10 Å². The van der Waals surface area contributed by atoms with Crippen LogP contribution in [0.3, 0.4) is 0 Å². The minimum atomic E-state index is -0.831. The van der Waals surface area contributed by atoms with Crippen molar-refractivity contribution in [3.8, 4) is 0 Å². The Morgan fingerprint density at radius 1 is 1.32 bits per heavy atom.